The minimum absolute atomic E-state index is 0.210. The molecule has 1 atom stereocenters. The molecule has 6 heteroatoms. The van der Waals surface area contributed by atoms with Crippen LogP contribution >= 0.6 is 0 Å². The highest BCUT2D eigenvalue weighted by atomic mass is 16.5. The normalized spacial score (nSPS) is 11.7. The molecule has 2 aromatic carbocycles. The third-order valence-corrected chi connectivity index (χ3v) is 4.92. The Morgan fingerprint density at radius 1 is 1.07 bits per heavy atom. The van der Waals surface area contributed by atoms with Gasteiger partial charge in [0.25, 0.3) is 5.91 Å². The van der Waals surface area contributed by atoms with Gasteiger partial charge in [0.1, 0.15) is 6.04 Å². The van der Waals surface area contributed by atoms with E-state index in [-0.39, 0.29) is 12.5 Å². The van der Waals surface area contributed by atoms with Crippen molar-refractivity contribution in [2.24, 2.45) is 0 Å². The molecule has 0 bridgehead atoms. The van der Waals surface area contributed by atoms with Crippen LogP contribution in [0.1, 0.15) is 34.0 Å². The first-order valence-corrected chi connectivity index (χ1v) is 9.91. The zero-order valence-electron chi connectivity index (χ0n) is 17.7. The zero-order valence-corrected chi connectivity index (χ0v) is 17.7. The lowest BCUT2D eigenvalue weighted by Crippen LogP contribution is -2.44. The third kappa shape index (κ3) is 4.95. The van der Waals surface area contributed by atoms with Crippen molar-refractivity contribution in [3.05, 3.63) is 77.0 Å². The van der Waals surface area contributed by atoms with E-state index in [1.54, 1.807) is 26.2 Å². The maximum absolute atomic E-state index is 13.1. The van der Waals surface area contributed by atoms with Crippen molar-refractivity contribution >= 4 is 11.9 Å². The van der Waals surface area contributed by atoms with Crippen molar-refractivity contribution in [1.29, 1.82) is 0 Å². The molecule has 0 spiro atoms. The molecule has 0 N–H and O–H groups in total. The molecule has 0 aliphatic rings. The summed E-state index contributed by atoms with van der Waals surface area (Å²) < 4.78 is 10.4. The first-order chi connectivity index (χ1) is 14.4. The maximum Gasteiger partial charge on any atom is 0.329 e. The van der Waals surface area contributed by atoms with Crippen LogP contribution in [-0.2, 0) is 16.0 Å². The molecule has 1 amide bonds. The van der Waals surface area contributed by atoms with Crippen LogP contribution in [0.4, 0.5) is 0 Å². The summed E-state index contributed by atoms with van der Waals surface area (Å²) in [6.07, 6.45) is 1.94. The smallest absolute Gasteiger partial charge is 0.329 e. The Bertz CT molecular complexity index is 990. The number of ether oxygens (including phenoxy) is 1. The quantitative estimate of drug-likeness (QED) is 0.550. The van der Waals surface area contributed by atoms with E-state index in [0.29, 0.717) is 17.7 Å². The van der Waals surface area contributed by atoms with Gasteiger partial charge >= 0.3 is 5.97 Å². The summed E-state index contributed by atoms with van der Waals surface area (Å²) in [7, 11) is 1.64. The SMILES string of the molecule is CCOC(=O)[C@H](Cc1ccc(-c2ccno2)cc1)N(C)C(=O)c1cc(C)cc(C)c1. The standard InChI is InChI=1S/C24H26N2O4/c1-5-29-24(28)21(26(4)23(27)20-13-16(2)12-17(3)14-20)15-18-6-8-19(9-7-18)22-10-11-25-30-22/h6-14,21H,5,15H2,1-4H3/t21-/m0/s1. The highest BCUT2D eigenvalue weighted by Gasteiger charge is 2.29. The van der Waals surface area contributed by atoms with Gasteiger partial charge in [0.05, 0.1) is 12.8 Å². The van der Waals surface area contributed by atoms with Gasteiger partial charge in [0.2, 0.25) is 0 Å². The summed E-state index contributed by atoms with van der Waals surface area (Å²) in [5.74, 6) is 0.0424. The van der Waals surface area contributed by atoms with E-state index in [4.69, 9.17) is 9.26 Å². The molecule has 0 fully saturated rings. The molecule has 0 unspecified atom stereocenters. The Kier molecular flexibility index (Phi) is 6.67. The van der Waals surface area contributed by atoms with Crippen LogP contribution in [0.2, 0.25) is 0 Å². The van der Waals surface area contributed by atoms with E-state index < -0.39 is 12.0 Å². The summed E-state index contributed by atoms with van der Waals surface area (Å²) in [6, 6.07) is 14.4. The molecule has 1 aromatic heterocycles. The average Bonchev–Trinajstić information content (AvgIpc) is 3.25. The Morgan fingerprint density at radius 2 is 1.73 bits per heavy atom. The fourth-order valence-corrected chi connectivity index (χ4v) is 3.45. The van der Waals surface area contributed by atoms with Crippen LogP contribution in [-0.4, -0.2) is 41.6 Å². The van der Waals surface area contributed by atoms with Gasteiger partial charge in [-0.05, 0) is 38.5 Å². The highest BCUT2D eigenvalue weighted by Crippen LogP contribution is 2.21. The largest absolute Gasteiger partial charge is 0.464 e. The molecule has 0 aliphatic carbocycles. The van der Waals surface area contributed by atoms with Crippen molar-refractivity contribution in [2.75, 3.05) is 13.7 Å². The van der Waals surface area contributed by atoms with Crippen molar-refractivity contribution in [3.8, 4) is 11.3 Å². The molecule has 156 valence electrons. The predicted octanol–water partition coefficient (Wildman–Crippen LogP) is 4.20. The van der Waals surface area contributed by atoms with Crippen molar-refractivity contribution in [2.45, 2.75) is 33.2 Å². The van der Waals surface area contributed by atoms with Gasteiger partial charge in [-0.15, -0.1) is 0 Å². The summed E-state index contributed by atoms with van der Waals surface area (Å²) in [5, 5.41) is 3.72. The summed E-state index contributed by atoms with van der Waals surface area (Å²) >= 11 is 0. The minimum atomic E-state index is -0.727. The van der Waals surface area contributed by atoms with Gasteiger partial charge in [-0.2, -0.15) is 0 Å². The van der Waals surface area contributed by atoms with E-state index >= 15 is 0 Å². The molecule has 1 heterocycles. The van der Waals surface area contributed by atoms with E-state index in [9.17, 15) is 9.59 Å². The summed E-state index contributed by atoms with van der Waals surface area (Å²) in [6.45, 7) is 5.91. The zero-order chi connectivity index (χ0) is 21.7. The average molecular weight is 406 g/mol. The first kappa shape index (κ1) is 21.3. The number of carbonyl (C=O) groups is 2. The number of carbonyl (C=O) groups excluding carboxylic acids is 2. The monoisotopic (exact) mass is 406 g/mol. The van der Waals surface area contributed by atoms with Crippen LogP contribution < -0.4 is 0 Å². The van der Waals surface area contributed by atoms with E-state index in [1.165, 1.54) is 4.90 Å². The molecule has 0 saturated carbocycles. The van der Waals surface area contributed by atoms with Crippen molar-refractivity contribution in [3.63, 3.8) is 0 Å². The Hall–Kier alpha value is -3.41. The van der Waals surface area contributed by atoms with Gasteiger partial charge in [-0.25, -0.2) is 4.79 Å². The van der Waals surface area contributed by atoms with Crippen LogP contribution in [0.3, 0.4) is 0 Å². The summed E-state index contributed by atoms with van der Waals surface area (Å²) in [5.41, 5.74) is 4.37. The molecular weight excluding hydrogens is 380 g/mol. The lowest BCUT2D eigenvalue weighted by Gasteiger charge is -2.27. The molecular formula is C24H26N2O4. The fourth-order valence-electron chi connectivity index (χ4n) is 3.45. The molecule has 0 aliphatic heterocycles. The molecule has 30 heavy (non-hydrogen) atoms. The number of aromatic nitrogens is 1. The second-order valence-electron chi connectivity index (χ2n) is 7.34. The number of rotatable bonds is 7. The van der Waals surface area contributed by atoms with Gasteiger partial charge in [-0.1, -0.05) is 46.6 Å². The number of hydrogen-bond acceptors (Lipinski definition) is 5. The third-order valence-electron chi connectivity index (χ3n) is 4.92. The number of nitrogens with zero attached hydrogens (tertiary/aromatic N) is 2. The fraction of sp³-hybridized carbons (Fsp3) is 0.292. The van der Waals surface area contributed by atoms with E-state index in [1.807, 2.05) is 56.3 Å². The molecule has 0 radical (unpaired) electrons. The Morgan fingerprint density at radius 3 is 2.30 bits per heavy atom. The Balaban J connectivity index is 1.83. The Labute approximate surface area is 176 Å². The second-order valence-corrected chi connectivity index (χ2v) is 7.34. The predicted molar refractivity (Wildman–Crippen MR) is 114 cm³/mol. The second kappa shape index (κ2) is 9.39. The van der Waals surface area contributed by atoms with E-state index in [0.717, 1.165) is 22.3 Å². The van der Waals surface area contributed by atoms with Gasteiger partial charge in [0.15, 0.2) is 5.76 Å². The van der Waals surface area contributed by atoms with Crippen LogP contribution in [0, 0.1) is 13.8 Å². The number of aryl methyl sites for hydroxylation is 2. The molecule has 6 nitrogen and oxygen atoms in total. The molecule has 0 saturated heterocycles. The van der Waals surface area contributed by atoms with Gasteiger partial charge in [-0.3, -0.25) is 4.79 Å². The molecule has 3 aromatic rings. The summed E-state index contributed by atoms with van der Waals surface area (Å²) in [4.78, 5) is 27.2. The minimum Gasteiger partial charge on any atom is -0.464 e. The van der Waals surface area contributed by atoms with Crippen LogP contribution in [0.25, 0.3) is 11.3 Å². The first-order valence-electron chi connectivity index (χ1n) is 9.91. The maximum atomic E-state index is 13.1. The number of likely N-dealkylation sites (N-methyl/N-ethyl adjacent to an activating group) is 1. The van der Waals surface area contributed by atoms with Crippen molar-refractivity contribution in [1.82, 2.24) is 10.1 Å². The van der Waals surface area contributed by atoms with Gasteiger partial charge in [0, 0.05) is 30.7 Å². The lowest BCUT2D eigenvalue weighted by molar-refractivity contribution is -0.148. The van der Waals surface area contributed by atoms with E-state index in [2.05, 4.69) is 5.16 Å². The van der Waals surface area contributed by atoms with Crippen LogP contribution in [0.15, 0.2) is 59.3 Å². The highest BCUT2D eigenvalue weighted by molar-refractivity contribution is 5.97. The molecule has 3 rings (SSSR count). The van der Waals surface area contributed by atoms with Gasteiger partial charge < -0.3 is 14.2 Å². The number of amides is 1. The number of hydrogen-bond donors (Lipinski definition) is 0. The van der Waals surface area contributed by atoms with Crippen LogP contribution in [0.5, 0.6) is 0 Å². The lowest BCUT2D eigenvalue weighted by atomic mass is 10.0. The van der Waals surface area contributed by atoms with Crippen molar-refractivity contribution < 1.29 is 18.8 Å². The number of esters is 1. The number of benzene rings is 2. The topological polar surface area (TPSA) is 72.6 Å².